The molecule has 1 unspecified atom stereocenters. The number of ketones is 1. The molecule has 0 spiro atoms. The Morgan fingerprint density at radius 1 is 0.972 bits per heavy atom. The summed E-state index contributed by atoms with van der Waals surface area (Å²) in [6.45, 7) is 6.94. The van der Waals surface area contributed by atoms with Crippen LogP contribution in [0.15, 0.2) is 90.1 Å². The molecular formula is C31H33N3O2. The Labute approximate surface area is 213 Å². The highest BCUT2D eigenvalue weighted by Crippen LogP contribution is 2.48. The monoisotopic (exact) mass is 479 g/mol. The van der Waals surface area contributed by atoms with E-state index in [9.17, 15) is 9.59 Å². The third-order valence-corrected chi connectivity index (χ3v) is 7.04. The number of nitrogens with zero attached hydrogens (tertiary/aromatic N) is 1. The van der Waals surface area contributed by atoms with Crippen molar-refractivity contribution in [3.05, 3.63) is 107 Å². The van der Waals surface area contributed by atoms with Crippen molar-refractivity contribution in [3.8, 4) is 0 Å². The lowest BCUT2D eigenvalue weighted by molar-refractivity contribution is -0.120. The highest BCUT2D eigenvalue weighted by atomic mass is 16.2. The van der Waals surface area contributed by atoms with Crippen molar-refractivity contribution in [2.45, 2.75) is 46.2 Å². The van der Waals surface area contributed by atoms with E-state index in [1.807, 2.05) is 54.6 Å². The van der Waals surface area contributed by atoms with Crippen LogP contribution in [0, 0.1) is 12.3 Å². The molecule has 0 aromatic heterocycles. The normalized spacial score (nSPS) is 18.6. The van der Waals surface area contributed by atoms with Gasteiger partial charge in [-0.05, 0) is 42.0 Å². The molecule has 1 aliphatic carbocycles. The number of rotatable bonds is 5. The molecule has 0 radical (unpaired) electrons. The average molecular weight is 480 g/mol. The molecule has 5 heteroatoms. The number of carbonyl (C=O) groups excluding carboxylic acids is 2. The number of para-hydroxylation sites is 2. The predicted octanol–water partition coefficient (Wildman–Crippen LogP) is 5.93. The van der Waals surface area contributed by atoms with E-state index in [2.05, 4.69) is 60.6 Å². The molecule has 36 heavy (non-hydrogen) atoms. The van der Waals surface area contributed by atoms with Crippen molar-refractivity contribution in [1.82, 2.24) is 5.32 Å². The zero-order valence-corrected chi connectivity index (χ0v) is 21.2. The van der Waals surface area contributed by atoms with Gasteiger partial charge in [0.2, 0.25) is 5.91 Å². The summed E-state index contributed by atoms with van der Waals surface area (Å²) in [5.41, 5.74) is 6.65. The largest absolute Gasteiger partial charge is 0.357 e. The van der Waals surface area contributed by atoms with E-state index in [0.717, 1.165) is 45.8 Å². The van der Waals surface area contributed by atoms with Crippen LogP contribution in [0.1, 0.15) is 49.4 Å². The number of fused-ring (bicyclic) bond motifs is 1. The number of benzene rings is 3. The number of hydrogen-bond donors (Lipinski definition) is 2. The van der Waals surface area contributed by atoms with Crippen LogP contribution < -0.4 is 15.5 Å². The van der Waals surface area contributed by atoms with Crippen molar-refractivity contribution < 1.29 is 9.59 Å². The zero-order chi connectivity index (χ0) is 25.3. The summed E-state index contributed by atoms with van der Waals surface area (Å²) < 4.78 is 0. The molecule has 1 aliphatic heterocycles. The first kappa shape index (κ1) is 23.9. The highest BCUT2D eigenvalue weighted by Gasteiger charge is 2.41. The number of carbonyl (C=O) groups is 2. The lowest BCUT2D eigenvalue weighted by Gasteiger charge is -2.38. The minimum atomic E-state index is -0.358. The summed E-state index contributed by atoms with van der Waals surface area (Å²) in [5, 5.41) is 6.68. The van der Waals surface area contributed by atoms with Crippen LogP contribution in [0.2, 0.25) is 0 Å². The fourth-order valence-electron chi connectivity index (χ4n) is 5.33. The molecule has 1 atom stereocenters. The fraction of sp³-hybridized carbons (Fsp3) is 0.290. The Morgan fingerprint density at radius 3 is 2.42 bits per heavy atom. The molecule has 5 nitrogen and oxygen atoms in total. The van der Waals surface area contributed by atoms with Crippen molar-refractivity contribution >= 4 is 23.1 Å². The molecule has 0 saturated carbocycles. The van der Waals surface area contributed by atoms with Gasteiger partial charge in [-0.3, -0.25) is 9.59 Å². The Bertz CT molecular complexity index is 1310. The molecule has 0 fully saturated rings. The van der Waals surface area contributed by atoms with Gasteiger partial charge in [0, 0.05) is 24.2 Å². The SMILES string of the molecule is Cc1ccc(C2C3=C(CC(C)(C)CC3=O)Nc3ccccc3N2CC(=O)NCc2ccccc2)cc1. The van der Waals surface area contributed by atoms with Crippen LogP contribution in [-0.4, -0.2) is 18.2 Å². The van der Waals surface area contributed by atoms with E-state index in [0.29, 0.717) is 13.0 Å². The number of hydrogen-bond acceptors (Lipinski definition) is 4. The summed E-state index contributed by atoms with van der Waals surface area (Å²) in [4.78, 5) is 29.1. The standard InChI is InChI=1S/C31H33N3O2/c1-21-13-15-23(16-14-21)30-29-25(17-31(2,3)18-27(29)35)33-24-11-7-8-12-26(24)34(30)20-28(36)32-19-22-9-5-4-6-10-22/h4-16,30,33H,17-20H2,1-3H3,(H,32,36). The summed E-state index contributed by atoms with van der Waals surface area (Å²) in [6, 6.07) is 25.9. The third-order valence-electron chi connectivity index (χ3n) is 7.04. The topological polar surface area (TPSA) is 61.4 Å². The summed E-state index contributed by atoms with van der Waals surface area (Å²) in [5.74, 6) is 0.0558. The van der Waals surface area contributed by atoms with Gasteiger partial charge >= 0.3 is 0 Å². The highest BCUT2D eigenvalue weighted by molar-refractivity contribution is 6.01. The molecule has 2 aliphatic rings. The van der Waals surface area contributed by atoms with Crippen molar-refractivity contribution in [2.75, 3.05) is 16.8 Å². The minimum Gasteiger partial charge on any atom is -0.357 e. The first-order valence-electron chi connectivity index (χ1n) is 12.6. The Kier molecular flexibility index (Phi) is 6.40. The first-order chi connectivity index (χ1) is 17.3. The third kappa shape index (κ3) is 4.92. The smallest absolute Gasteiger partial charge is 0.239 e. The van der Waals surface area contributed by atoms with Crippen LogP contribution >= 0.6 is 0 Å². The van der Waals surface area contributed by atoms with Crippen LogP contribution in [0.3, 0.4) is 0 Å². The van der Waals surface area contributed by atoms with Gasteiger partial charge in [-0.2, -0.15) is 0 Å². The zero-order valence-electron chi connectivity index (χ0n) is 21.2. The van der Waals surface area contributed by atoms with Gasteiger partial charge in [0.05, 0.1) is 24.0 Å². The first-order valence-corrected chi connectivity index (χ1v) is 12.6. The fourth-order valence-corrected chi connectivity index (χ4v) is 5.33. The number of aryl methyl sites for hydroxylation is 1. The lowest BCUT2D eigenvalue weighted by Crippen LogP contribution is -2.41. The van der Waals surface area contributed by atoms with Crippen molar-refractivity contribution in [3.63, 3.8) is 0 Å². The van der Waals surface area contributed by atoms with Gasteiger partial charge in [-0.1, -0.05) is 86.1 Å². The van der Waals surface area contributed by atoms with Gasteiger partial charge in [0.15, 0.2) is 5.78 Å². The Morgan fingerprint density at radius 2 is 1.67 bits per heavy atom. The number of anilines is 2. The molecule has 5 rings (SSSR count). The van der Waals surface area contributed by atoms with Gasteiger partial charge in [-0.25, -0.2) is 0 Å². The maximum absolute atomic E-state index is 13.7. The maximum Gasteiger partial charge on any atom is 0.239 e. The van der Waals surface area contributed by atoms with Crippen LogP contribution in [-0.2, 0) is 16.1 Å². The molecular weight excluding hydrogens is 446 g/mol. The quantitative estimate of drug-likeness (QED) is 0.476. The average Bonchev–Trinajstić information content (AvgIpc) is 2.98. The van der Waals surface area contributed by atoms with Gasteiger partial charge in [0.1, 0.15) is 0 Å². The molecule has 1 heterocycles. The lowest BCUT2D eigenvalue weighted by atomic mass is 9.73. The van der Waals surface area contributed by atoms with Crippen LogP contribution in [0.4, 0.5) is 11.4 Å². The number of allylic oxidation sites excluding steroid dienone is 1. The van der Waals surface area contributed by atoms with E-state index in [-0.39, 0.29) is 29.7 Å². The summed E-state index contributed by atoms with van der Waals surface area (Å²) >= 11 is 0. The number of Topliss-reactive ketones (excluding diaryl/α,β-unsaturated/α-hetero) is 1. The summed E-state index contributed by atoms with van der Waals surface area (Å²) in [7, 11) is 0. The predicted molar refractivity (Wildman–Crippen MR) is 145 cm³/mol. The van der Waals surface area contributed by atoms with Gasteiger partial charge < -0.3 is 15.5 Å². The van der Waals surface area contributed by atoms with Crippen LogP contribution in [0.25, 0.3) is 0 Å². The second-order valence-electron chi connectivity index (χ2n) is 10.7. The summed E-state index contributed by atoms with van der Waals surface area (Å²) in [6.07, 6.45) is 1.26. The maximum atomic E-state index is 13.7. The van der Waals surface area contributed by atoms with Gasteiger partial charge in [-0.15, -0.1) is 0 Å². The molecule has 3 aromatic carbocycles. The number of amides is 1. The van der Waals surface area contributed by atoms with Crippen molar-refractivity contribution in [2.24, 2.45) is 5.41 Å². The van der Waals surface area contributed by atoms with Crippen molar-refractivity contribution in [1.29, 1.82) is 0 Å². The van der Waals surface area contributed by atoms with Crippen LogP contribution in [0.5, 0.6) is 0 Å². The van der Waals surface area contributed by atoms with E-state index >= 15 is 0 Å². The Hall–Kier alpha value is -3.86. The molecule has 3 aromatic rings. The Balaban J connectivity index is 1.58. The minimum absolute atomic E-state index is 0.0848. The van der Waals surface area contributed by atoms with E-state index in [4.69, 9.17) is 0 Å². The van der Waals surface area contributed by atoms with Gasteiger partial charge in [0.25, 0.3) is 0 Å². The molecule has 0 bridgehead atoms. The van der Waals surface area contributed by atoms with E-state index in [1.54, 1.807) is 0 Å². The molecule has 0 saturated heterocycles. The molecule has 1 amide bonds. The van der Waals surface area contributed by atoms with E-state index in [1.165, 1.54) is 0 Å². The number of nitrogens with one attached hydrogen (secondary N) is 2. The molecule has 2 N–H and O–H groups in total. The second kappa shape index (κ2) is 9.65. The second-order valence-corrected chi connectivity index (χ2v) is 10.7. The van der Waals surface area contributed by atoms with E-state index < -0.39 is 0 Å². The molecule has 184 valence electrons.